The van der Waals surface area contributed by atoms with Crippen molar-refractivity contribution >= 4 is 17.4 Å². The molecule has 1 aliphatic heterocycles. The number of ketones is 1. The SMILES string of the molecule is CC(=O)C(CNC1CCOCC1)c1ccc(Cl)c(F)c1. The summed E-state index contributed by atoms with van der Waals surface area (Å²) in [7, 11) is 0. The van der Waals surface area contributed by atoms with Crippen molar-refractivity contribution in [2.45, 2.75) is 31.7 Å². The van der Waals surface area contributed by atoms with E-state index < -0.39 is 5.82 Å². The number of hydrogen-bond acceptors (Lipinski definition) is 3. The second kappa shape index (κ2) is 7.16. The number of hydrogen-bond donors (Lipinski definition) is 1. The van der Waals surface area contributed by atoms with E-state index >= 15 is 0 Å². The highest BCUT2D eigenvalue weighted by atomic mass is 35.5. The first-order valence-corrected chi connectivity index (χ1v) is 7.22. The lowest BCUT2D eigenvalue weighted by Gasteiger charge is -2.25. The lowest BCUT2D eigenvalue weighted by molar-refractivity contribution is -0.118. The van der Waals surface area contributed by atoms with Gasteiger partial charge in [0.1, 0.15) is 11.6 Å². The van der Waals surface area contributed by atoms with Gasteiger partial charge in [0.25, 0.3) is 0 Å². The van der Waals surface area contributed by atoms with Crippen LogP contribution >= 0.6 is 11.6 Å². The molecule has 1 unspecified atom stereocenters. The molecule has 1 aromatic carbocycles. The maximum atomic E-state index is 13.5. The second-order valence-electron chi connectivity index (χ2n) is 5.13. The number of carbonyl (C=O) groups excluding carboxylic acids is 1. The Labute approximate surface area is 123 Å². The predicted octanol–water partition coefficient (Wildman–Crippen LogP) is 2.92. The molecule has 0 saturated carbocycles. The van der Waals surface area contributed by atoms with Crippen molar-refractivity contribution < 1.29 is 13.9 Å². The number of halogens is 2. The van der Waals surface area contributed by atoms with E-state index in [0.29, 0.717) is 18.2 Å². The van der Waals surface area contributed by atoms with Crippen LogP contribution in [0.4, 0.5) is 4.39 Å². The highest BCUT2D eigenvalue weighted by Crippen LogP contribution is 2.22. The molecule has 1 heterocycles. The summed E-state index contributed by atoms with van der Waals surface area (Å²) in [6.07, 6.45) is 1.89. The highest BCUT2D eigenvalue weighted by Gasteiger charge is 2.21. The van der Waals surface area contributed by atoms with Gasteiger partial charge in [-0.15, -0.1) is 0 Å². The summed E-state index contributed by atoms with van der Waals surface area (Å²) in [4.78, 5) is 11.8. The average Bonchev–Trinajstić information content (AvgIpc) is 2.43. The van der Waals surface area contributed by atoms with Crippen LogP contribution in [-0.4, -0.2) is 31.6 Å². The molecule has 0 aromatic heterocycles. The Morgan fingerprint density at radius 3 is 2.80 bits per heavy atom. The van der Waals surface area contributed by atoms with E-state index in [0.717, 1.165) is 26.1 Å². The van der Waals surface area contributed by atoms with Crippen LogP contribution in [0.1, 0.15) is 31.2 Å². The third kappa shape index (κ3) is 4.01. The molecule has 0 aliphatic carbocycles. The normalized spacial score (nSPS) is 17.9. The monoisotopic (exact) mass is 299 g/mol. The summed E-state index contributed by atoms with van der Waals surface area (Å²) in [5.41, 5.74) is 0.666. The van der Waals surface area contributed by atoms with Gasteiger partial charge in [-0.2, -0.15) is 0 Å². The number of ether oxygens (including phenoxy) is 1. The van der Waals surface area contributed by atoms with Gasteiger partial charge in [-0.1, -0.05) is 17.7 Å². The molecule has 0 spiro atoms. The predicted molar refractivity (Wildman–Crippen MR) is 76.7 cm³/mol. The number of benzene rings is 1. The summed E-state index contributed by atoms with van der Waals surface area (Å²) < 4.78 is 18.8. The van der Waals surface area contributed by atoms with Crippen LogP contribution in [0.15, 0.2) is 18.2 Å². The first kappa shape index (κ1) is 15.4. The van der Waals surface area contributed by atoms with E-state index in [2.05, 4.69) is 5.32 Å². The molecule has 0 amide bonds. The fraction of sp³-hybridized carbons (Fsp3) is 0.533. The lowest BCUT2D eigenvalue weighted by atomic mass is 9.94. The summed E-state index contributed by atoms with van der Waals surface area (Å²) in [5.74, 6) is -0.808. The molecule has 20 heavy (non-hydrogen) atoms. The fourth-order valence-corrected chi connectivity index (χ4v) is 2.53. The van der Waals surface area contributed by atoms with Gasteiger partial charge >= 0.3 is 0 Å². The molecule has 1 N–H and O–H groups in total. The molecule has 2 rings (SSSR count). The molecule has 1 atom stereocenters. The van der Waals surface area contributed by atoms with Crippen LogP contribution in [0.3, 0.4) is 0 Å². The first-order chi connectivity index (χ1) is 9.58. The third-order valence-electron chi connectivity index (χ3n) is 3.67. The minimum absolute atomic E-state index is 0.0197. The van der Waals surface area contributed by atoms with Crippen LogP contribution in [0.2, 0.25) is 5.02 Å². The smallest absolute Gasteiger partial charge is 0.142 e. The van der Waals surface area contributed by atoms with Gasteiger partial charge in [0.15, 0.2) is 0 Å². The molecule has 1 saturated heterocycles. The fourth-order valence-electron chi connectivity index (χ4n) is 2.41. The Morgan fingerprint density at radius 2 is 2.20 bits per heavy atom. The molecule has 1 fully saturated rings. The zero-order chi connectivity index (χ0) is 14.5. The van der Waals surface area contributed by atoms with Crippen molar-refractivity contribution in [2.24, 2.45) is 0 Å². The zero-order valence-electron chi connectivity index (χ0n) is 11.5. The molecule has 5 heteroatoms. The third-order valence-corrected chi connectivity index (χ3v) is 3.98. The lowest BCUT2D eigenvalue weighted by Crippen LogP contribution is -2.38. The Bertz CT molecular complexity index is 475. The number of Topliss-reactive ketones (excluding diaryl/α,β-unsaturated/α-hetero) is 1. The Hall–Kier alpha value is -0.970. The number of carbonyl (C=O) groups is 1. The van der Waals surface area contributed by atoms with Crippen LogP contribution < -0.4 is 5.32 Å². The van der Waals surface area contributed by atoms with E-state index in [4.69, 9.17) is 16.3 Å². The van der Waals surface area contributed by atoms with Crippen molar-refractivity contribution in [3.05, 3.63) is 34.6 Å². The molecule has 1 aromatic rings. The Morgan fingerprint density at radius 1 is 1.50 bits per heavy atom. The number of nitrogens with one attached hydrogen (secondary N) is 1. The number of rotatable bonds is 5. The van der Waals surface area contributed by atoms with Gasteiger partial charge in [0.05, 0.1) is 10.9 Å². The summed E-state index contributed by atoms with van der Waals surface area (Å²) >= 11 is 5.67. The summed E-state index contributed by atoms with van der Waals surface area (Å²) in [6, 6.07) is 4.92. The van der Waals surface area contributed by atoms with Crippen molar-refractivity contribution in [3.63, 3.8) is 0 Å². The molecule has 0 radical (unpaired) electrons. The molecular weight excluding hydrogens is 281 g/mol. The van der Waals surface area contributed by atoms with Crippen LogP contribution in [0.5, 0.6) is 0 Å². The van der Waals surface area contributed by atoms with E-state index in [1.54, 1.807) is 6.07 Å². The van der Waals surface area contributed by atoms with Crippen molar-refractivity contribution in [1.29, 1.82) is 0 Å². The van der Waals surface area contributed by atoms with E-state index in [-0.39, 0.29) is 16.7 Å². The van der Waals surface area contributed by atoms with Gasteiger partial charge in [-0.3, -0.25) is 4.79 Å². The van der Waals surface area contributed by atoms with E-state index in [9.17, 15) is 9.18 Å². The maximum absolute atomic E-state index is 13.5. The molecule has 0 bridgehead atoms. The van der Waals surface area contributed by atoms with Crippen LogP contribution in [0, 0.1) is 5.82 Å². The van der Waals surface area contributed by atoms with E-state index in [1.807, 2.05) is 0 Å². The van der Waals surface area contributed by atoms with Gasteiger partial charge in [0.2, 0.25) is 0 Å². The summed E-state index contributed by atoms with van der Waals surface area (Å²) in [5, 5.41) is 3.46. The molecule has 3 nitrogen and oxygen atoms in total. The van der Waals surface area contributed by atoms with Crippen molar-refractivity contribution in [2.75, 3.05) is 19.8 Å². The quantitative estimate of drug-likeness (QED) is 0.908. The van der Waals surface area contributed by atoms with Crippen LogP contribution in [-0.2, 0) is 9.53 Å². The molecule has 110 valence electrons. The van der Waals surface area contributed by atoms with Gasteiger partial charge < -0.3 is 10.1 Å². The minimum atomic E-state index is -0.485. The minimum Gasteiger partial charge on any atom is -0.381 e. The topological polar surface area (TPSA) is 38.3 Å². The second-order valence-corrected chi connectivity index (χ2v) is 5.54. The maximum Gasteiger partial charge on any atom is 0.142 e. The molecular formula is C15H19ClFNO2. The summed E-state index contributed by atoms with van der Waals surface area (Å²) in [6.45, 7) is 3.54. The Kier molecular flexibility index (Phi) is 5.52. The Balaban J connectivity index is 2.02. The van der Waals surface area contributed by atoms with Gasteiger partial charge in [-0.05, 0) is 37.5 Å². The standard InChI is InChI=1S/C15H19ClFNO2/c1-10(19)13(9-18-12-4-6-20-7-5-12)11-2-3-14(16)15(17)8-11/h2-3,8,12-13,18H,4-7,9H2,1H3. The largest absolute Gasteiger partial charge is 0.381 e. The van der Waals surface area contributed by atoms with Gasteiger partial charge in [0, 0.05) is 25.8 Å². The zero-order valence-corrected chi connectivity index (χ0v) is 12.3. The van der Waals surface area contributed by atoms with Gasteiger partial charge in [-0.25, -0.2) is 4.39 Å². The van der Waals surface area contributed by atoms with Crippen molar-refractivity contribution in [3.8, 4) is 0 Å². The van der Waals surface area contributed by atoms with Crippen molar-refractivity contribution in [1.82, 2.24) is 5.32 Å². The van der Waals surface area contributed by atoms with E-state index in [1.165, 1.54) is 19.1 Å². The van der Waals surface area contributed by atoms with Crippen LogP contribution in [0.25, 0.3) is 0 Å². The highest BCUT2D eigenvalue weighted by molar-refractivity contribution is 6.30. The average molecular weight is 300 g/mol. The molecule has 1 aliphatic rings. The first-order valence-electron chi connectivity index (χ1n) is 6.84.